The Morgan fingerprint density at radius 1 is 1.17 bits per heavy atom. The summed E-state index contributed by atoms with van der Waals surface area (Å²) in [6.45, 7) is 2.65. The Balaban J connectivity index is 0. The molecule has 0 radical (unpaired) electrons. The average Bonchev–Trinajstić information content (AvgIpc) is 2.64. The standard InChI is InChI=1S/C19H24N4O3.3ClH/c1-2-12-3-8-16(26-10-9-20)15(11-12)17(19(24)25)23-14-6-4-13(5-7-14)18(21)22;;;/h3-8,11,17,23H,2,9-10,20H2,1H3,(H3,21,22)(H,24,25);3*1H. The van der Waals surface area contributed by atoms with E-state index in [9.17, 15) is 9.90 Å². The first-order valence-electron chi connectivity index (χ1n) is 8.35. The number of aliphatic carboxylic acids is 1. The van der Waals surface area contributed by atoms with Gasteiger partial charge in [0, 0.05) is 23.4 Å². The Morgan fingerprint density at radius 2 is 1.79 bits per heavy atom. The molecule has 0 aromatic heterocycles. The van der Waals surface area contributed by atoms with Crippen LogP contribution in [-0.2, 0) is 11.2 Å². The number of amidine groups is 1. The monoisotopic (exact) mass is 464 g/mol. The molecule has 7 N–H and O–H groups in total. The molecule has 2 rings (SSSR count). The van der Waals surface area contributed by atoms with Crippen LogP contribution >= 0.6 is 37.2 Å². The van der Waals surface area contributed by atoms with E-state index in [4.69, 9.17) is 21.6 Å². The van der Waals surface area contributed by atoms with Crippen LogP contribution in [0.3, 0.4) is 0 Å². The van der Waals surface area contributed by atoms with Crippen molar-refractivity contribution < 1.29 is 14.6 Å². The molecular weight excluding hydrogens is 439 g/mol. The van der Waals surface area contributed by atoms with Crippen molar-refractivity contribution in [3.8, 4) is 5.75 Å². The lowest BCUT2D eigenvalue weighted by atomic mass is 10.0. The Hall–Kier alpha value is -2.19. The van der Waals surface area contributed by atoms with E-state index in [1.165, 1.54) is 0 Å². The lowest BCUT2D eigenvalue weighted by Crippen LogP contribution is -2.22. The molecule has 0 fully saturated rings. The fourth-order valence-corrected chi connectivity index (χ4v) is 2.53. The summed E-state index contributed by atoms with van der Waals surface area (Å²) >= 11 is 0. The highest BCUT2D eigenvalue weighted by molar-refractivity contribution is 5.95. The van der Waals surface area contributed by atoms with E-state index >= 15 is 0 Å². The third-order valence-electron chi connectivity index (χ3n) is 3.92. The van der Waals surface area contributed by atoms with E-state index in [1.54, 1.807) is 30.3 Å². The van der Waals surface area contributed by atoms with Gasteiger partial charge in [0.2, 0.25) is 0 Å². The number of carbonyl (C=O) groups is 1. The van der Waals surface area contributed by atoms with Crippen LogP contribution in [0.15, 0.2) is 42.5 Å². The molecule has 0 saturated carbocycles. The maximum absolute atomic E-state index is 11.9. The lowest BCUT2D eigenvalue weighted by Gasteiger charge is -2.20. The Kier molecular flexibility index (Phi) is 13.9. The second-order valence-electron chi connectivity index (χ2n) is 5.77. The minimum atomic E-state index is -1.02. The summed E-state index contributed by atoms with van der Waals surface area (Å²) in [4.78, 5) is 11.9. The smallest absolute Gasteiger partial charge is 0.330 e. The van der Waals surface area contributed by atoms with Gasteiger partial charge in [-0.05, 0) is 48.4 Å². The topological polar surface area (TPSA) is 134 Å². The van der Waals surface area contributed by atoms with Crippen molar-refractivity contribution in [2.75, 3.05) is 18.5 Å². The maximum atomic E-state index is 11.9. The van der Waals surface area contributed by atoms with Gasteiger partial charge in [0.25, 0.3) is 0 Å². The van der Waals surface area contributed by atoms with Gasteiger partial charge in [0.05, 0.1) is 0 Å². The SMILES string of the molecule is CCc1ccc(OCCN)c(C(Nc2ccc(C(=N)N)cc2)C(=O)O)c1.Cl.Cl.Cl. The molecule has 1 atom stereocenters. The van der Waals surface area contributed by atoms with Crippen molar-refractivity contribution >= 4 is 54.7 Å². The van der Waals surface area contributed by atoms with Gasteiger partial charge in [0.15, 0.2) is 6.04 Å². The molecule has 0 heterocycles. The number of ether oxygens (including phenoxy) is 1. The van der Waals surface area contributed by atoms with Crippen LogP contribution in [0.2, 0.25) is 0 Å². The molecule has 2 aromatic carbocycles. The number of anilines is 1. The zero-order valence-corrected chi connectivity index (χ0v) is 18.3. The normalized spacial score (nSPS) is 10.4. The van der Waals surface area contributed by atoms with E-state index in [0.29, 0.717) is 35.7 Å². The van der Waals surface area contributed by atoms with Gasteiger partial charge in [-0.15, -0.1) is 37.2 Å². The number of halogens is 3. The fourth-order valence-electron chi connectivity index (χ4n) is 2.53. The summed E-state index contributed by atoms with van der Waals surface area (Å²) in [5, 5.41) is 20.2. The lowest BCUT2D eigenvalue weighted by molar-refractivity contribution is -0.138. The second-order valence-corrected chi connectivity index (χ2v) is 5.77. The Labute approximate surface area is 188 Å². The Morgan fingerprint density at radius 3 is 2.28 bits per heavy atom. The van der Waals surface area contributed by atoms with Crippen molar-refractivity contribution in [3.05, 3.63) is 59.2 Å². The van der Waals surface area contributed by atoms with Gasteiger partial charge in [-0.2, -0.15) is 0 Å². The van der Waals surface area contributed by atoms with Crippen LogP contribution in [0.5, 0.6) is 5.75 Å². The van der Waals surface area contributed by atoms with Crippen LogP contribution in [0.4, 0.5) is 5.69 Å². The van der Waals surface area contributed by atoms with Crippen LogP contribution in [-0.4, -0.2) is 30.1 Å². The number of nitrogen functional groups attached to an aromatic ring is 1. The van der Waals surface area contributed by atoms with Crippen molar-refractivity contribution in [1.82, 2.24) is 0 Å². The Bertz CT molecular complexity index is 789. The highest BCUT2D eigenvalue weighted by Crippen LogP contribution is 2.30. The minimum Gasteiger partial charge on any atom is -0.492 e. The molecule has 162 valence electrons. The van der Waals surface area contributed by atoms with Crippen molar-refractivity contribution in [2.24, 2.45) is 11.5 Å². The summed E-state index contributed by atoms with van der Waals surface area (Å²) in [5.74, 6) is -0.571. The number of nitrogens with two attached hydrogens (primary N) is 2. The maximum Gasteiger partial charge on any atom is 0.330 e. The number of nitrogens with one attached hydrogen (secondary N) is 2. The van der Waals surface area contributed by atoms with Crippen molar-refractivity contribution in [2.45, 2.75) is 19.4 Å². The van der Waals surface area contributed by atoms with E-state index < -0.39 is 12.0 Å². The highest BCUT2D eigenvalue weighted by atomic mass is 35.5. The van der Waals surface area contributed by atoms with E-state index in [1.807, 2.05) is 19.1 Å². The summed E-state index contributed by atoms with van der Waals surface area (Å²) in [5.41, 5.74) is 13.7. The predicted octanol–water partition coefficient (Wildman–Crippen LogP) is 3.37. The average molecular weight is 466 g/mol. The van der Waals surface area contributed by atoms with Gasteiger partial charge >= 0.3 is 5.97 Å². The minimum absolute atomic E-state index is 0. The molecule has 0 amide bonds. The number of rotatable bonds is 9. The molecular formula is C19H27Cl3N4O3. The largest absolute Gasteiger partial charge is 0.492 e. The van der Waals surface area contributed by atoms with Crippen LogP contribution in [0, 0.1) is 5.41 Å². The van der Waals surface area contributed by atoms with E-state index in [0.717, 1.165) is 12.0 Å². The van der Waals surface area contributed by atoms with Gasteiger partial charge < -0.3 is 26.6 Å². The van der Waals surface area contributed by atoms with E-state index in [-0.39, 0.29) is 43.1 Å². The fraction of sp³-hybridized carbons (Fsp3) is 0.263. The third kappa shape index (κ3) is 7.98. The zero-order valence-electron chi connectivity index (χ0n) is 15.9. The van der Waals surface area contributed by atoms with Gasteiger partial charge in [0.1, 0.15) is 18.2 Å². The number of carboxylic acid groups (broad SMARTS) is 1. The molecule has 0 aliphatic carbocycles. The molecule has 0 saturated heterocycles. The van der Waals surface area contributed by atoms with Crippen LogP contribution in [0.1, 0.15) is 29.7 Å². The summed E-state index contributed by atoms with van der Waals surface area (Å²) in [7, 11) is 0. The molecule has 7 nitrogen and oxygen atoms in total. The molecule has 0 aliphatic heterocycles. The summed E-state index contributed by atoms with van der Waals surface area (Å²) < 4.78 is 5.63. The quantitative estimate of drug-likeness (QED) is 0.285. The number of hydrogen-bond acceptors (Lipinski definition) is 5. The number of carboxylic acids is 1. The molecule has 0 aliphatic rings. The van der Waals surface area contributed by atoms with Gasteiger partial charge in [-0.1, -0.05) is 13.0 Å². The van der Waals surface area contributed by atoms with Crippen LogP contribution < -0.4 is 21.5 Å². The summed E-state index contributed by atoms with van der Waals surface area (Å²) in [6, 6.07) is 11.2. The number of aryl methyl sites for hydroxylation is 1. The first-order valence-corrected chi connectivity index (χ1v) is 8.35. The first kappa shape index (κ1) is 29.0. The second kappa shape index (κ2) is 13.9. The molecule has 10 heteroatoms. The van der Waals surface area contributed by atoms with E-state index in [2.05, 4.69) is 5.32 Å². The van der Waals surface area contributed by atoms with Gasteiger partial charge in [-0.3, -0.25) is 5.41 Å². The molecule has 0 spiro atoms. The van der Waals surface area contributed by atoms with Crippen molar-refractivity contribution in [1.29, 1.82) is 5.41 Å². The molecule has 0 bridgehead atoms. The van der Waals surface area contributed by atoms with Gasteiger partial charge in [-0.25, -0.2) is 4.79 Å². The third-order valence-corrected chi connectivity index (χ3v) is 3.92. The van der Waals surface area contributed by atoms with Crippen molar-refractivity contribution in [3.63, 3.8) is 0 Å². The molecule has 29 heavy (non-hydrogen) atoms. The first-order chi connectivity index (χ1) is 12.5. The highest BCUT2D eigenvalue weighted by Gasteiger charge is 2.24. The number of hydrogen-bond donors (Lipinski definition) is 5. The summed E-state index contributed by atoms with van der Waals surface area (Å²) in [6.07, 6.45) is 0.782. The predicted molar refractivity (Wildman–Crippen MR) is 124 cm³/mol. The van der Waals surface area contributed by atoms with Crippen LogP contribution in [0.25, 0.3) is 0 Å². The number of benzene rings is 2. The molecule has 1 unspecified atom stereocenters. The molecule has 2 aromatic rings. The zero-order chi connectivity index (χ0) is 19.1.